The first kappa shape index (κ1) is 18.0. The zero-order valence-corrected chi connectivity index (χ0v) is 15.4. The highest BCUT2D eigenvalue weighted by Crippen LogP contribution is 2.26. The van der Waals surface area contributed by atoms with Gasteiger partial charge in [-0.3, -0.25) is 9.59 Å². The van der Waals surface area contributed by atoms with Crippen LogP contribution in [0.1, 0.15) is 27.9 Å². The Hall–Kier alpha value is -2.82. The molecule has 0 spiro atoms. The van der Waals surface area contributed by atoms with E-state index in [2.05, 4.69) is 5.32 Å². The molecule has 5 heteroatoms. The van der Waals surface area contributed by atoms with E-state index in [1.165, 1.54) is 0 Å². The summed E-state index contributed by atoms with van der Waals surface area (Å²) in [6.45, 7) is 5.12. The number of hydrogen-bond donors (Lipinski definition) is 1. The van der Waals surface area contributed by atoms with Gasteiger partial charge in [0.1, 0.15) is 5.75 Å². The second-order valence-electron chi connectivity index (χ2n) is 6.78. The number of nitrogens with zero attached hydrogens (tertiary/aromatic N) is 1. The number of carbonyl (C=O) groups excluding carboxylic acids is 2. The van der Waals surface area contributed by atoms with E-state index < -0.39 is 0 Å². The first-order chi connectivity index (χ1) is 12.5. The normalized spacial score (nSPS) is 16.7. The lowest BCUT2D eigenvalue weighted by atomic mass is 10.1. The predicted octanol–water partition coefficient (Wildman–Crippen LogP) is 3.09. The lowest BCUT2D eigenvalue weighted by molar-refractivity contribution is -0.117. The number of benzene rings is 2. The molecule has 2 aromatic carbocycles. The van der Waals surface area contributed by atoms with Crippen LogP contribution in [0.3, 0.4) is 0 Å². The van der Waals surface area contributed by atoms with Crippen LogP contribution in [0.4, 0.5) is 5.69 Å². The molecule has 0 radical (unpaired) electrons. The number of methoxy groups -OCH3 is 1. The van der Waals surface area contributed by atoms with Gasteiger partial charge in [0.05, 0.1) is 7.11 Å². The van der Waals surface area contributed by atoms with Crippen LogP contribution in [0.5, 0.6) is 5.75 Å². The van der Waals surface area contributed by atoms with Crippen molar-refractivity contribution in [2.75, 3.05) is 25.1 Å². The Labute approximate surface area is 154 Å². The molecule has 3 rings (SSSR count). The molecule has 1 fully saturated rings. The molecule has 2 aromatic rings. The molecule has 1 N–H and O–H groups in total. The van der Waals surface area contributed by atoms with Crippen molar-refractivity contribution in [1.29, 1.82) is 0 Å². The highest BCUT2D eigenvalue weighted by Gasteiger charge is 2.30. The average Bonchev–Trinajstić information content (AvgIpc) is 3.02. The number of rotatable bonds is 5. The molecule has 0 aromatic heterocycles. The summed E-state index contributed by atoms with van der Waals surface area (Å²) in [5.41, 5.74) is 3.78. The van der Waals surface area contributed by atoms with Crippen molar-refractivity contribution in [2.45, 2.75) is 20.3 Å². The molecule has 136 valence electrons. The van der Waals surface area contributed by atoms with Crippen LogP contribution in [-0.2, 0) is 4.79 Å². The number of hydrogen-bond acceptors (Lipinski definition) is 3. The van der Waals surface area contributed by atoms with E-state index in [0.717, 1.165) is 22.6 Å². The standard InChI is InChI=1S/C21H24N2O3/c1-14-4-5-17(10-15(14)2)21(25)22-12-16-11-20(24)23(13-16)18-6-8-19(26-3)9-7-18/h4-10,16H,11-13H2,1-3H3,(H,22,25). The molecular weight excluding hydrogens is 328 g/mol. The van der Waals surface area contributed by atoms with Crippen molar-refractivity contribution in [3.8, 4) is 5.75 Å². The van der Waals surface area contributed by atoms with Crippen LogP contribution in [0.25, 0.3) is 0 Å². The SMILES string of the molecule is COc1ccc(N2CC(CNC(=O)c3ccc(C)c(C)c3)CC2=O)cc1. The Morgan fingerprint density at radius 1 is 1.15 bits per heavy atom. The van der Waals surface area contributed by atoms with Crippen LogP contribution >= 0.6 is 0 Å². The van der Waals surface area contributed by atoms with Gasteiger partial charge in [0.15, 0.2) is 0 Å². The van der Waals surface area contributed by atoms with Gasteiger partial charge in [-0.2, -0.15) is 0 Å². The van der Waals surface area contributed by atoms with Gasteiger partial charge in [0.2, 0.25) is 5.91 Å². The summed E-state index contributed by atoms with van der Waals surface area (Å²) in [4.78, 5) is 26.4. The molecule has 2 amide bonds. The van der Waals surface area contributed by atoms with Gasteiger partial charge >= 0.3 is 0 Å². The molecule has 1 unspecified atom stereocenters. The van der Waals surface area contributed by atoms with Gasteiger partial charge in [0, 0.05) is 36.7 Å². The van der Waals surface area contributed by atoms with Gasteiger partial charge in [-0.1, -0.05) is 6.07 Å². The van der Waals surface area contributed by atoms with Crippen LogP contribution in [0.2, 0.25) is 0 Å². The zero-order valence-electron chi connectivity index (χ0n) is 15.4. The van der Waals surface area contributed by atoms with E-state index in [1.54, 1.807) is 12.0 Å². The summed E-state index contributed by atoms with van der Waals surface area (Å²) < 4.78 is 5.15. The molecule has 26 heavy (non-hydrogen) atoms. The summed E-state index contributed by atoms with van der Waals surface area (Å²) in [6, 6.07) is 13.1. The first-order valence-electron chi connectivity index (χ1n) is 8.78. The first-order valence-corrected chi connectivity index (χ1v) is 8.78. The summed E-state index contributed by atoms with van der Waals surface area (Å²) >= 11 is 0. The number of amides is 2. The molecule has 1 saturated heterocycles. The second-order valence-corrected chi connectivity index (χ2v) is 6.78. The Morgan fingerprint density at radius 3 is 2.54 bits per heavy atom. The van der Waals surface area contributed by atoms with Crippen LogP contribution < -0.4 is 15.0 Å². The summed E-state index contributed by atoms with van der Waals surface area (Å²) in [5, 5.41) is 2.96. The average molecular weight is 352 g/mol. The van der Waals surface area contributed by atoms with Crippen molar-refractivity contribution < 1.29 is 14.3 Å². The number of ether oxygens (including phenoxy) is 1. The topological polar surface area (TPSA) is 58.6 Å². The largest absolute Gasteiger partial charge is 0.497 e. The quantitative estimate of drug-likeness (QED) is 0.900. The minimum atomic E-state index is -0.0940. The predicted molar refractivity (Wildman–Crippen MR) is 102 cm³/mol. The molecule has 1 aliphatic rings. The van der Waals surface area contributed by atoms with Gasteiger partial charge < -0.3 is 15.0 Å². The van der Waals surface area contributed by atoms with Gasteiger partial charge in [-0.15, -0.1) is 0 Å². The molecule has 0 bridgehead atoms. The van der Waals surface area contributed by atoms with E-state index in [1.807, 2.05) is 56.3 Å². The van der Waals surface area contributed by atoms with E-state index in [-0.39, 0.29) is 17.7 Å². The van der Waals surface area contributed by atoms with Gasteiger partial charge in [-0.25, -0.2) is 0 Å². The van der Waals surface area contributed by atoms with Crippen molar-refractivity contribution in [3.05, 3.63) is 59.2 Å². The summed E-state index contributed by atoms with van der Waals surface area (Å²) in [6.07, 6.45) is 0.444. The van der Waals surface area contributed by atoms with E-state index in [0.29, 0.717) is 25.1 Å². The number of carbonyl (C=O) groups is 2. The van der Waals surface area contributed by atoms with E-state index >= 15 is 0 Å². The Bertz CT molecular complexity index is 815. The van der Waals surface area contributed by atoms with Crippen LogP contribution in [0.15, 0.2) is 42.5 Å². The number of anilines is 1. The highest BCUT2D eigenvalue weighted by molar-refractivity contribution is 5.96. The molecule has 0 aliphatic carbocycles. The third-order valence-corrected chi connectivity index (χ3v) is 4.91. The van der Waals surface area contributed by atoms with Crippen molar-refractivity contribution in [2.24, 2.45) is 5.92 Å². The van der Waals surface area contributed by atoms with Crippen molar-refractivity contribution in [3.63, 3.8) is 0 Å². The maximum atomic E-state index is 12.3. The molecule has 1 aliphatic heterocycles. The minimum Gasteiger partial charge on any atom is -0.497 e. The Balaban J connectivity index is 1.58. The molecular formula is C21H24N2O3. The molecule has 0 saturated carbocycles. The smallest absolute Gasteiger partial charge is 0.251 e. The van der Waals surface area contributed by atoms with Gasteiger partial charge in [-0.05, 0) is 61.4 Å². The third kappa shape index (κ3) is 3.87. The number of nitrogens with one attached hydrogen (secondary N) is 1. The highest BCUT2D eigenvalue weighted by atomic mass is 16.5. The summed E-state index contributed by atoms with van der Waals surface area (Å²) in [5.74, 6) is 0.863. The Morgan fingerprint density at radius 2 is 1.88 bits per heavy atom. The van der Waals surface area contributed by atoms with Crippen molar-refractivity contribution >= 4 is 17.5 Å². The van der Waals surface area contributed by atoms with Crippen LogP contribution in [-0.4, -0.2) is 32.0 Å². The Kier molecular flexibility index (Phi) is 5.26. The summed E-state index contributed by atoms with van der Waals surface area (Å²) in [7, 11) is 1.62. The van der Waals surface area contributed by atoms with Crippen molar-refractivity contribution in [1.82, 2.24) is 5.32 Å². The van der Waals surface area contributed by atoms with E-state index in [9.17, 15) is 9.59 Å². The van der Waals surface area contributed by atoms with E-state index in [4.69, 9.17) is 4.74 Å². The molecule has 1 atom stereocenters. The number of aryl methyl sites for hydroxylation is 2. The monoisotopic (exact) mass is 352 g/mol. The van der Waals surface area contributed by atoms with Gasteiger partial charge in [0.25, 0.3) is 5.91 Å². The second kappa shape index (κ2) is 7.60. The fraction of sp³-hybridized carbons (Fsp3) is 0.333. The lowest BCUT2D eigenvalue weighted by Gasteiger charge is -2.17. The van der Waals surface area contributed by atoms with Crippen LogP contribution in [0, 0.1) is 19.8 Å². The fourth-order valence-electron chi connectivity index (χ4n) is 3.15. The third-order valence-electron chi connectivity index (χ3n) is 4.91. The fourth-order valence-corrected chi connectivity index (χ4v) is 3.15. The minimum absolute atomic E-state index is 0.0839. The molecule has 5 nitrogen and oxygen atoms in total. The maximum Gasteiger partial charge on any atom is 0.251 e. The zero-order chi connectivity index (χ0) is 18.7. The maximum absolute atomic E-state index is 12.3. The lowest BCUT2D eigenvalue weighted by Crippen LogP contribution is -2.31. The molecule has 1 heterocycles.